The van der Waals surface area contributed by atoms with Gasteiger partial charge in [-0.05, 0) is 52.3 Å². The fourth-order valence-electron chi connectivity index (χ4n) is 1.66. The molecule has 0 radical (unpaired) electrons. The first-order valence-corrected chi connectivity index (χ1v) is 7.01. The largest absolute Gasteiger partial charge is 0.331 e. The van der Waals surface area contributed by atoms with E-state index in [0.29, 0.717) is 15.3 Å². The summed E-state index contributed by atoms with van der Waals surface area (Å²) in [6.07, 6.45) is 0. The molecular formula is C13H7BrF2N2S. The van der Waals surface area contributed by atoms with Crippen LogP contribution in [0.5, 0.6) is 0 Å². The van der Waals surface area contributed by atoms with Crippen molar-refractivity contribution < 1.29 is 8.78 Å². The Hall–Kier alpha value is -1.53. The van der Waals surface area contributed by atoms with Gasteiger partial charge < -0.3 is 5.32 Å². The van der Waals surface area contributed by atoms with E-state index in [4.69, 9.17) is 0 Å². The monoisotopic (exact) mass is 340 g/mol. The second-order valence-corrected chi connectivity index (χ2v) is 5.77. The first-order chi connectivity index (χ1) is 9.11. The maximum absolute atomic E-state index is 13.1. The molecule has 0 fully saturated rings. The van der Waals surface area contributed by atoms with E-state index in [2.05, 4.69) is 26.2 Å². The highest BCUT2D eigenvalue weighted by Crippen LogP contribution is 2.31. The zero-order valence-corrected chi connectivity index (χ0v) is 11.9. The second kappa shape index (κ2) is 4.86. The van der Waals surface area contributed by atoms with Gasteiger partial charge in [-0.25, -0.2) is 13.8 Å². The molecule has 1 heterocycles. The summed E-state index contributed by atoms with van der Waals surface area (Å²) in [6.45, 7) is 0. The number of benzene rings is 2. The van der Waals surface area contributed by atoms with E-state index in [1.807, 2.05) is 0 Å². The molecule has 0 aliphatic carbocycles. The number of anilines is 2. The van der Waals surface area contributed by atoms with Crippen molar-refractivity contribution in [3.63, 3.8) is 0 Å². The predicted octanol–water partition coefficient (Wildman–Crippen LogP) is 5.08. The Morgan fingerprint density at radius 2 is 1.79 bits per heavy atom. The van der Waals surface area contributed by atoms with Gasteiger partial charge in [0, 0.05) is 4.47 Å². The quantitative estimate of drug-likeness (QED) is 0.703. The number of fused-ring (bicyclic) bond motifs is 1. The molecule has 0 bridgehead atoms. The Labute approximate surface area is 120 Å². The normalized spacial score (nSPS) is 10.9. The van der Waals surface area contributed by atoms with Gasteiger partial charge in [0.25, 0.3) is 0 Å². The molecule has 0 saturated heterocycles. The zero-order valence-electron chi connectivity index (χ0n) is 9.45. The number of hydrogen-bond donors (Lipinski definition) is 1. The van der Waals surface area contributed by atoms with Crippen molar-refractivity contribution in [3.8, 4) is 0 Å². The van der Waals surface area contributed by atoms with Gasteiger partial charge in [0.15, 0.2) is 5.13 Å². The van der Waals surface area contributed by atoms with Crippen molar-refractivity contribution in [1.82, 2.24) is 4.98 Å². The highest BCUT2D eigenvalue weighted by molar-refractivity contribution is 9.10. The van der Waals surface area contributed by atoms with Gasteiger partial charge >= 0.3 is 0 Å². The van der Waals surface area contributed by atoms with Crippen molar-refractivity contribution in [1.29, 1.82) is 0 Å². The minimum absolute atomic E-state index is 0.286. The Morgan fingerprint density at radius 1 is 1.05 bits per heavy atom. The molecule has 2 aromatic carbocycles. The van der Waals surface area contributed by atoms with Crippen LogP contribution in [0.25, 0.3) is 10.2 Å². The summed E-state index contributed by atoms with van der Waals surface area (Å²) in [4.78, 5) is 4.34. The standard InChI is InChI=1S/C13H7BrF2N2S/c14-9-5-7(15)1-3-10(9)17-13-18-11-4-2-8(16)6-12(11)19-13/h1-6H,(H,17,18). The van der Waals surface area contributed by atoms with Crippen molar-refractivity contribution in [3.05, 3.63) is 52.5 Å². The van der Waals surface area contributed by atoms with Gasteiger partial charge in [-0.3, -0.25) is 0 Å². The Balaban J connectivity index is 1.96. The molecule has 0 spiro atoms. The highest BCUT2D eigenvalue weighted by atomic mass is 79.9. The maximum Gasteiger partial charge on any atom is 0.188 e. The summed E-state index contributed by atoms with van der Waals surface area (Å²) in [6, 6.07) is 8.80. The number of thiazole rings is 1. The molecule has 6 heteroatoms. The van der Waals surface area contributed by atoms with Crippen LogP contribution in [-0.2, 0) is 0 Å². The Kier molecular flexibility index (Phi) is 3.20. The third kappa shape index (κ3) is 2.59. The van der Waals surface area contributed by atoms with E-state index in [-0.39, 0.29) is 11.6 Å². The molecule has 0 saturated carbocycles. The first kappa shape index (κ1) is 12.5. The van der Waals surface area contributed by atoms with Crippen LogP contribution in [0.15, 0.2) is 40.9 Å². The van der Waals surface area contributed by atoms with E-state index in [0.717, 1.165) is 10.2 Å². The average Bonchev–Trinajstić information content (AvgIpc) is 2.74. The number of nitrogens with one attached hydrogen (secondary N) is 1. The third-order valence-electron chi connectivity index (χ3n) is 2.52. The predicted molar refractivity (Wildman–Crippen MR) is 77.0 cm³/mol. The lowest BCUT2D eigenvalue weighted by Crippen LogP contribution is -1.90. The van der Waals surface area contributed by atoms with E-state index in [1.54, 1.807) is 12.1 Å². The van der Waals surface area contributed by atoms with Crippen LogP contribution in [0.2, 0.25) is 0 Å². The first-order valence-electron chi connectivity index (χ1n) is 5.40. The SMILES string of the molecule is Fc1ccc(Nc2nc3ccc(F)cc3s2)c(Br)c1. The molecule has 3 rings (SSSR count). The van der Waals surface area contributed by atoms with Crippen LogP contribution in [-0.4, -0.2) is 4.98 Å². The minimum Gasteiger partial charge on any atom is -0.331 e. The fraction of sp³-hybridized carbons (Fsp3) is 0. The number of rotatable bonds is 2. The van der Waals surface area contributed by atoms with Crippen LogP contribution in [0, 0.1) is 11.6 Å². The third-order valence-corrected chi connectivity index (χ3v) is 4.11. The lowest BCUT2D eigenvalue weighted by atomic mass is 10.3. The number of hydrogen-bond acceptors (Lipinski definition) is 3. The van der Waals surface area contributed by atoms with E-state index in [1.165, 1.54) is 35.6 Å². The van der Waals surface area contributed by atoms with Crippen molar-refractivity contribution in [2.45, 2.75) is 0 Å². The molecule has 19 heavy (non-hydrogen) atoms. The molecule has 1 aromatic heterocycles. The second-order valence-electron chi connectivity index (χ2n) is 3.88. The molecule has 0 aliphatic heterocycles. The van der Waals surface area contributed by atoms with Gasteiger partial charge in [-0.15, -0.1) is 0 Å². The summed E-state index contributed by atoms with van der Waals surface area (Å²) in [5.41, 5.74) is 1.44. The summed E-state index contributed by atoms with van der Waals surface area (Å²) < 4.78 is 27.5. The zero-order chi connectivity index (χ0) is 13.4. The lowest BCUT2D eigenvalue weighted by Gasteiger charge is -2.04. The van der Waals surface area contributed by atoms with Crippen LogP contribution >= 0.6 is 27.3 Å². The van der Waals surface area contributed by atoms with E-state index in [9.17, 15) is 8.78 Å². The van der Waals surface area contributed by atoms with Gasteiger partial charge in [0.1, 0.15) is 11.6 Å². The lowest BCUT2D eigenvalue weighted by molar-refractivity contribution is 0.627. The molecule has 0 atom stereocenters. The molecule has 96 valence electrons. The number of aromatic nitrogens is 1. The van der Waals surface area contributed by atoms with Crippen LogP contribution in [0.4, 0.5) is 19.6 Å². The molecule has 3 aromatic rings. The van der Waals surface area contributed by atoms with Gasteiger partial charge in [-0.2, -0.15) is 0 Å². The minimum atomic E-state index is -0.316. The summed E-state index contributed by atoms with van der Waals surface area (Å²) >= 11 is 4.62. The Morgan fingerprint density at radius 3 is 2.58 bits per heavy atom. The molecular weight excluding hydrogens is 334 g/mol. The topological polar surface area (TPSA) is 24.9 Å². The molecule has 0 unspecified atom stereocenters. The number of halogens is 3. The molecule has 2 nitrogen and oxygen atoms in total. The Bertz CT molecular complexity index is 757. The summed E-state index contributed by atoms with van der Waals surface area (Å²) in [5, 5.41) is 3.71. The van der Waals surface area contributed by atoms with Gasteiger partial charge in [-0.1, -0.05) is 11.3 Å². The molecule has 1 N–H and O–H groups in total. The summed E-state index contributed by atoms with van der Waals surface area (Å²) in [7, 11) is 0. The fourth-order valence-corrected chi connectivity index (χ4v) is 3.01. The molecule has 0 amide bonds. The van der Waals surface area contributed by atoms with Gasteiger partial charge in [0.2, 0.25) is 0 Å². The van der Waals surface area contributed by atoms with Crippen molar-refractivity contribution >= 4 is 48.3 Å². The maximum atomic E-state index is 13.1. The molecule has 0 aliphatic rings. The summed E-state index contributed by atoms with van der Waals surface area (Å²) in [5.74, 6) is -0.602. The highest BCUT2D eigenvalue weighted by Gasteiger charge is 2.07. The average molecular weight is 341 g/mol. The van der Waals surface area contributed by atoms with E-state index >= 15 is 0 Å². The van der Waals surface area contributed by atoms with Crippen LogP contribution in [0.3, 0.4) is 0 Å². The van der Waals surface area contributed by atoms with E-state index < -0.39 is 0 Å². The van der Waals surface area contributed by atoms with Crippen molar-refractivity contribution in [2.24, 2.45) is 0 Å². The van der Waals surface area contributed by atoms with Crippen molar-refractivity contribution in [2.75, 3.05) is 5.32 Å². The van der Waals surface area contributed by atoms with Crippen LogP contribution < -0.4 is 5.32 Å². The van der Waals surface area contributed by atoms with Crippen LogP contribution in [0.1, 0.15) is 0 Å². The number of nitrogens with zero attached hydrogens (tertiary/aromatic N) is 1. The smallest absolute Gasteiger partial charge is 0.188 e. The van der Waals surface area contributed by atoms with Gasteiger partial charge in [0.05, 0.1) is 15.9 Å².